The maximum Gasteiger partial charge on any atom is 0.331 e. The molecule has 0 radical (unpaired) electrons. The molecule has 8 heteroatoms. The SMILES string of the molecule is Cc1cc(C(=O)COC(=O)/C=C/c2ccccc2[N+](=O)[O-])c(C)n1C[C@H]1CCCO1. The second kappa shape index (κ2) is 9.49. The first-order valence-electron chi connectivity index (χ1n) is 9.76. The van der Waals surface area contributed by atoms with Crippen molar-refractivity contribution in [3.05, 3.63) is 69.0 Å². The van der Waals surface area contributed by atoms with E-state index in [9.17, 15) is 19.7 Å². The minimum Gasteiger partial charge on any atom is -0.454 e. The molecular weight excluding hydrogens is 388 g/mol. The van der Waals surface area contributed by atoms with Crippen molar-refractivity contribution in [3.8, 4) is 0 Å². The normalized spacial score (nSPS) is 16.1. The highest BCUT2D eigenvalue weighted by molar-refractivity contribution is 6.00. The summed E-state index contributed by atoms with van der Waals surface area (Å²) in [4.78, 5) is 35.0. The van der Waals surface area contributed by atoms with Gasteiger partial charge in [-0.15, -0.1) is 0 Å². The Hall–Kier alpha value is -3.26. The van der Waals surface area contributed by atoms with E-state index in [0.29, 0.717) is 12.1 Å². The highest BCUT2D eigenvalue weighted by atomic mass is 16.6. The minimum atomic E-state index is -0.741. The molecule has 8 nitrogen and oxygen atoms in total. The Kier molecular flexibility index (Phi) is 6.79. The third-order valence-corrected chi connectivity index (χ3v) is 5.16. The highest BCUT2D eigenvalue weighted by Gasteiger charge is 2.21. The van der Waals surface area contributed by atoms with Crippen LogP contribution in [0.1, 0.15) is 40.2 Å². The first-order chi connectivity index (χ1) is 14.4. The average molecular weight is 412 g/mol. The van der Waals surface area contributed by atoms with E-state index in [1.54, 1.807) is 18.2 Å². The molecule has 158 valence electrons. The Morgan fingerprint density at radius 2 is 2.10 bits per heavy atom. The molecule has 1 aliphatic heterocycles. The lowest BCUT2D eigenvalue weighted by Crippen LogP contribution is -2.18. The number of nitro groups is 1. The molecule has 0 N–H and O–H groups in total. The number of nitro benzene ring substituents is 1. The van der Waals surface area contributed by atoms with E-state index in [-0.39, 0.29) is 23.1 Å². The van der Waals surface area contributed by atoms with Gasteiger partial charge in [0.1, 0.15) is 0 Å². The zero-order valence-electron chi connectivity index (χ0n) is 17.0. The fourth-order valence-electron chi connectivity index (χ4n) is 3.57. The van der Waals surface area contributed by atoms with Gasteiger partial charge < -0.3 is 14.0 Å². The number of ether oxygens (including phenoxy) is 2. The van der Waals surface area contributed by atoms with Gasteiger partial charge >= 0.3 is 5.97 Å². The first kappa shape index (κ1) is 21.4. The van der Waals surface area contributed by atoms with Crippen LogP contribution in [0.4, 0.5) is 5.69 Å². The van der Waals surface area contributed by atoms with Gasteiger partial charge in [-0.1, -0.05) is 12.1 Å². The van der Waals surface area contributed by atoms with Crippen molar-refractivity contribution in [1.82, 2.24) is 4.57 Å². The molecule has 3 rings (SSSR count). The predicted molar refractivity (Wildman–Crippen MR) is 110 cm³/mol. The van der Waals surface area contributed by atoms with Crippen LogP contribution in [0.5, 0.6) is 0 Å². The number of rotatable bonds is 8. The lowest BCUT2D eigenvalue weighted by Gasteiger charge is -2.14. The number of para-hydroxylation sites is 1. The van der Waals surface area contributed by atoms with Crippen molar-refractivity contribution in [3.63, 3.8) is 0 Å². The number of aryl methyl sites for hydroxylation is 1. The van der Waals surface area contributed by atoms with Crippen molar-refractivity contribution in [2.45, 2.75) is 39.3 Å². The molecule has 0 saturated carbocycles. The molecule has 1 saturated heterocycles. The molecule has 2 aromatic rings. The van der Waals surface area contributed by atoms with Gasteiger partial charge in [-0.05, 0) is 44.9 Å². The number of nitrogens with zero attached hydrogens (tertiary/aromatic N) is 2. The maximum atomic E-state index is 12.6. The number of carbonyl (C=O) groups excluding carboxylic acids is 2. The molecule has 2 heterocycles. The summed E-state index contributed by atoms with van der Waals surface area (Å²) in [5.41, 5.74) is 2.45. The molecule has 1 fully saturated rings. The van der Waals surface area contributed by atoms with Crippen LogP contribution >= 0.6 is 0 Å². The molecule has 1 aromatic carbocycles. The van der Waals surface area contributed by atoms with Gasteiger partial charge in [-0.3, -0.25) is 14.9 Å². The van der Waals surface area contributed by atoms with Gasteiger partial charge in [-0.2, -0.15) is 0 Å². The van der Waals surface area contributed by atoms with E-state index in [0.717, 1.165) is 36.9 Å². The van der Waals surface area contributed by atoms with Crippen LogP contribution in [0.15, 0.2) is 36.4 Å². The second-order valence-corrected chi connectivity index (χ2v) is 7.21. The van der Waals surface area contributed by atoms with Crippen LogP contribution in [0, 0.1) is 24.0 Å². The third-order valence-electron chi connectivity index (χ3n) is 5.16. The van der Waals surface area contributed by atoms with Crippen molar-refractivity contribution in [2.24, 2.45) is 0 Å². The maximum absolute atomic E-state index is 12.6. The lowest BCUT2D eigenvalue weighted by molar-refractivity contribution is -0.385. The van der Waals surface area contributed by atoms with Crippen LogP contribution in [0.2, 0.25) is 0 Å². The second-order valence-electron chi connectivity index (χ2n) is 7.21. The van der Waals surface area contributed by atoms with Crippen molar-refractivity contribution < 1.29 is 24.0 Å². The summed E-state index contributed by atoms with van der Waals surface area (Å²) in [6.07, 6.45) is 4.59. The van der Waals surface area contributed by atoms with Gasteiger partial charge in [0.2, 0.25) is 5.78 Å². The van der Waals surface area contributed by atoms with Gasteiger partial charge in [0, 0.05) is 42.2 Å². The number of hydrogen-bond acceptors (Lipinski definition) is 6. The summed E-state index contributed by atoms with van der Waals surface area (Å²) in [7, 11) is 0. The molecule has 0 bridgehead atoms. The molecule has 0 aliphatic carbocycles. The van der Waals surface area contributed by atoms with E-state index >= 15 is 0 Å². The quantitative estimate of drug-likeness (QED) is 0.216. The monoisotopic (exact) mass is 412 g/mol. The zero-order valence-corrected chi connectivity index (χ0v) is 17.0. The lowest BCUT2D eigenvalue weighted by atomic mass is 10.1. The van der Waals surface area contributed by atoms with Gasteiger partial charge in [-0.25, -0.2) is 4.79 Å². The van der Waals surface area contributed by atoms with Gasteiger partial charge in [0.25, 0.3) is 5.69 Å². The van der Waals surface area contributed by atoms with Crippen LogP contribution in [-0.4, -0.2) is 40.6 Å². The summed E-state index contributed by atoms with van der Waals surface area (Å²) in [6.45, 7) is 4.87. The number of hydrogen-bond donors (Lipinski definition) is 0. The summed E-state index contributed by atoms with van der Waals surface area (Å²) >= 11 is 0. The van der Waals surface area contributed by atoms with Crippen LogP contribution in [-0.2, 0) is 20.8 Å². The van der Waals surface area contributed by atoms with E-state index in [1.165, 1.54) is 18.2 Å². The highest BCUT2D eigenvalue weighted by Crippen LogP contribution is 2.21. The van der Waals surface area contributed by atoms with Gasteiger partial charge in [0.05, 0.1) is 16.6 Å². The molecule has 1 aromatic heterocycles. The number of ketones is 1. The number of Topliss-reactive ketones (excluding diaryl/α,β-unsaturated/α-hetero) is 1. The number of carbonyl (C=O) groups is 2. The van der Waals surface area contributed by atoms with Crippen molar-refractivity contribution in [1.29, 1.82) is 0 Å². The number of esters is 1. The smallest absolute Gasteiger partial charge is 0.331 e. The molecule has 0 unspecified atom stereocenters. The number of benzene rings is 1. The van der Waals surface area contributed by atoms with E-state index in [2.05, 4.69) is 4.57 Å². The van der Waals surface area contributed by atoms with Crippen LogP contribution < -0.4 is 0 Å². The Bertz CT molecular complexity index is 986. The van der Waals surface area contributed by atoms with E-state index in [1.807, 2.05) is 13.8 Å². The Labute approximate surface area is 174 Å². The van der Waals surface area contributed by atoms with E-state index < -0.39 is 17.5 Å². The topological polar surface area (TPSA) is 101 Å². The predicted octanol–water partition coefficient (Wildman–Crippen LogP) is 3.63. The molecule has 0 amide bonds. The Balaban J connectivity index is 1.60. The summed E-state index contributed by atoms with van der Waals surface area (Å²) in [5, 5.41) is 11.0. The molecule has 0 spiro atoms. The van der Waals surface area contributed by atoms with Crippen molar-refractivity contribution in [2.75, 3.05) is 13.2 Å². The van der Waals surface area contributed by atoms with E-state index in [4.69, 9.17) is 9.47 Å². The average Bonchev–Trinajstić information content (AvgIpc) is 3.34. The summed E-state index contributed by atoms with van der Waals surface area (Å²) in [5.74, 6) is -1.04. The van der Waals surface area contributed by atoms with Crippen LogP contribution in [0.3, 0.4) is 0 Å². The Morgan fingerprint density at radius 3 is 2.80 bits per heavy atom. The summed E-state index contributed by atoms with van der Waals surface area (Å²) < 4.78 is 12.8. The fraction of sp³-hybridized carbons (Fsp3) is 0.364. The zero-order chi connectivity index (χ0) is 21.7. The molecule has 1 aliphatic rings. The largest absolute Gasteiger partial charge is 0.454 e. The molecule has 1 atom stereocenters. The van der Waals surface area contributed by atoms with Crippen LogP contribution in [0.25, 0.3) is 6.08 Å². The molecule has 30 heavy (non-hydrogen) atoms. The molecular formula is C22H24N2O6. The number of aromatic nitrogens is 1. The first-order valence-corrected chi connectivity index (χ1v) is 9.76. The minimum absolute atomic E-state index is 0.115. The fourth-order valence-corrected chi connectivity index (χ4v) is 3.57. The third kappa shape index (κ3) is 5.01. The summed E-state index contributed by atoms with van der Waals surface area (Å²) in [6, 6.07) is 7.84. The van der Waals surface area contributed by atoms with Crippen molar-refractivity contribution >= 4 is 23.5 Å². The van der Waals surface area contributed by atoms with Gasteiger partial charge in [0.15, 0.2) is 6.61 Å². The standard InChI is InChI=1S/C22H24N2O6/c1-15-12-19(16(2)23(15)13-18-7-5-11-29-18)21(25)14-30-22(26)10-9-17-6-3-4-8-20(17)24(27)28/h3-4,6,8-10,12,18H,5,7,11,13-14H2,1-2H3/b10-9+/t18-/m1/s1. The Morgan fingerprint density at radius 1 is 1.33 bits per heavy atom.